The highest BCUT2D eigenvalue weighted by atomic mass is 35.5. The van der Waals surface area contributed by atoms with Gasteiger partial charge in [0, 0.05) is 5.38 Å². The average molecular weight is 544 g/mol. The fraction of sp³-hybridized carbons (Fsp3) is 0.500. The molecule has 0 saturated carbocycles. The summed E-state index contributed by atoms with van der Waals surface area (Å²) >= 11 is 5.25. The van der Waals surface area contributed by atoms with Gasteiger partial charge in [0.05, 0.1) is 6.61 Å². The van der Waals surface area contributed by atoms with Crippen LogP contribution < -0.4 is 11.2 Å². The van der Waals surface area contributed by atoms with E-state index in [-0.39, 0.29) is 0 Å². The number of hydrogen-bond acceptors (Lipinski definition) is 12. The number of aromatic nitrogens is 3. The molecule has 0 amide bonds. The molecule has 0 radical (unpaired) electrons. The van der Waals surface area contributed by atoms with Crippen LogP contribution in [-0.4, -0.2) is 69.0 Å². The van der Waals surface area contributed by atoms with E-state index < -0.39 is 65.4 Å². The predicted molar refractivity (Wildman–Crippen MR) is 97.4 cm³/mol. The number of H-pyrrole nitrogens is 1. The number of aliphatic hydroxyl groups is 2. The Hall–Kier alpha value is -1.25. The molecule has 0 spiro atoms. The summed E-state index contributed by atoms with van der Waals surface area (Å²) in [6, 6.07) is 0. The van der Waals surface area contributed by atoms with Gasteiger partial charge in [0.15, 0.2) is 6.23 Å². The van der Waals surface area contributed by atoms with E-state index in [0.29, 0.717) is 10.9 Å². The molecule has 22 heteroatoms. The molecular weight excluding hydrogens is 530 g/mol. The standard InChI is InChI=1S/C10H13ClN3O15P3/c11-2-1-10(18)7(16)5(27-8(10)14-9(17)13-6(15)3-12-14)4-26-31(22,23)29-32(24,25)28-30(19,20)21/h3,5,7-8,16,18H,4H2,(H,22,23)(H,24,25)(H,13,15,17)(H2,19,20,21)/t5-,7?,8-,10-/m1/s1. The maximum Gasteiger partial charge on any atom is 0.490 e. The van der Waals surface area contributed by atoms with E-state index in [4.69, 9.17) is 31.0 Å². The van der Waals surface area contributed by atoms with Crippen molar-refractivity contribution in [1.82, 2.24) is 14.8 Å². The van der Waals surface area contributed by atoms with Crippen LogP contribution in [0, 0.1) is 11.3 Å². The molecule has 1 aromatic heterocycles. The number of aliphatic hydroxyl groups excluding tert-OH is 1. The number of halogens is 1. The van der Waals surface area contributed by atoms with E-state index in [1.165, 1.54) is 0 Å². The van der Waals surface area contributed by atoms with E-state index in [1.54, 1.807) is 10.4 Å². The number of nitrogens with zero attached hydrogens (tertiary/aromatic N) is 2. The van der Waals surface area contributed by atoms with Crippen molar-refractivity contribution < 1.29 is 61.4 Å². The molecule has 32 heavy (non-hydrogen) atoms. The van der Waals surface area contributed by atoms with Gasteiger partial charge in [0.25, 0.3) is 5.56 Å². The fourth-order valence-electron chi connectivity index (χ4n) is 2.36. The van der Waals surface area contributed by atoms with Gasteiger partial charge in [-0.15, -0.1) is 0 Å². The number of phosphoric ester groups is 1. The van der Waals surface area contributed by atoms with E-state index in [1.807, 2.05) is 5.92 Å². The second-order valence-electron chi connectivity index (χ2n) is 5.79. The molecule has 0 aliphatic carbocycles. The van der Waals surface area contributed by atoms with Gasteiger partial charge in [-0.2, -0.15) is 18.4 Å². The van der Waals surface area contributed by atoms with Gasteiger partial charge >= 0.3 is 29.2 Å². The highest BCUT2D eigenvalue weighted by Crippen LogP contribution is 2.66. The van der Waals surface area contributed by atoms with Crippen molar-refractivity contribution in [2.24, 2.45) is 0 Å². The van der Waals surface area contributed by atoms with Crippen molar-refractivity contribution in [3.8, 4) is 11.3 Å². The first-order valence-electron chi connectivity index (χ1n) is 7.65. The molecular formula is C10H13ClN3O15P3. The quantitative estimate of drug-likeness (QED) is 0.131. The molecule has 7 N–H and O–H groups in total. The second-order valence-corrected chi connectivity index (χ2v) is 10.4. The zero-order chi connectivity index (χ0) is 24.5. The number of hydrogen-bond donors (Lipinski definition) is 7. The number of phosphoric acid groups is 3. The Morgan fingerprint density at radius 3 is 2.38 bits per heavy atom. The summed E-state index contributed by atoms with van der Waals surface area (Å²) in [7, 11) is -17.0. The molecule has 1 aromatic rings. The van der Waals surface area contributed by atoms with Crippen molar-refractivity contribution in [2.45, 2.75) is 24.0 Å². The summed E-state index contributed by atoms with van der Waals surface area (Å²) in [5.41, 5.74) is -4.81. The van der Waals surface area contributed by atoms with Crippen molar-refractivity contribution >= 4 is 35.1 Å². The topological polar surface area (TPSA) is 277 Å². The van der Waals surface area contributed by atoms with Gasteiger partial charge in [0.2, 0.25) is 5.60 Å². The number of rotatable bonds is 8. The largest absolute Gasteiger partial charge is 0.490 e. The third-order valence-corrected chi connectivity index (χ3v) is 7.41. The molecule has 2 rings (SSSR count). The summed E-state index contributed by atoms with van der Waals surface area (Å²) in [4.78, 5) is 60.4. The normalized spacial score (nSPS) is 29.5. The third kappa shape index (κ3) is 6.64. The Morgan fingerprint density at radius 2 is 1.84 bits per heavy atom. The molecule has 0 aromatic carbocycles. The Kier molecular flexibility index (Phi) is 8.06. The minimum atomic E-state index is -5.80. The summed E-state index contributed by atoms with van der Waals surface area (Å²) in [6.45, 7) is -1.19. The van der Waals surface area contributed by atoms with E-state index in [2.05, 4.69) is 18.2 Å². The molecule has 1 saturated heterocycles. The zero-order valence-corrected chi connectivity index (χ0v) is 18.4. The van der Waals surface area contributed by atoms with Crippen LogP contribution in [0.4, 0.5) is 0 Å². The first-order chi connectivity index (χ1) is 14.5. The SMILES string of the molecule is O=c1cnn([C@@H]2O[C@H](COP(=O)(O)OP(=O)(O)OP(=O)(O)O)C(O)[C@]2(O)C#CCl)c(=O)[nH]1. The predicted octanol–water partition coefficient (Wildman–Crippen LogP) is -2.54. The smallest absolute Gasteiger partial charge is 0.386 e. The first kappa shape index (κ1) is 27.0. The van der Waals surface area contributed by atoms with Crippen LogP contribution in [0.1, 0.15) is 6.23 Å². The van der Waals surface area contributed by atoms with Crippen molar-refractivity contribution in [3.63, 3.8) is 0 Å². The molecule has 180 valence electrons. The van der Waals surface area contributed by atoms with E-state index in [9.17, 15) is 38.4 Å². The highest BCUT2D eigenvalue weighted by Gasteiger charge is 2.57. The highest BCUT2D eigenvalue weighted by molar-refractivity contribution is 7.66. The van der Waals surface area contributed by atoms with Gasteiger partial charge in [-0.05, 0) is 17.5 Å². The van der Waals surface area contributed by atoms with Gasteiger partial charge in [-0.1, -0.05) is 0 Å². The maximum atomic E-state index is 11.9. The van der Waals surface area contributed by atoms with Crippen molar-refractivity contribution in [3.05, 3.63) is 27.0 Å². The van der Waals surface area contributed by atoms with Gasteiger partial charge in [-0.25, -0.2) is 18.5 Å². The summed E-state index contributed by atoms with van der Waals surface area (Å²) in [5.74, 6) is 1.95. The molecule has 18 nitrogen and oxygen atoms in total. The Labute approximate surface area is 180 Å². The van der Waals surface area contributed by atoms with Crippen LogP contribution in [0.3, 0.4) is 0 Å². The van der Waals surface area contributed by atoms with Crippen molar-refractivity contribution in [2.75, 3.05) is 6.61 Å². The second kappa shape index (κ2) is 9.55. The number of aromatic amines is 1. The molecule has 1 fully saturated rings. The fourth-order valence-corrected chi connectivity index (χ4v) is 5.54. The summed E-state index contributed by atoms with van der Waals surface area (Å²) in [6.07, 6.45) is -5.24. The monoisotopic (exact) mass is 543 g/mol. The van der Waals surface area contributed by atoms with Crippen LogP contribution in [0.15, 0.2) is 15.8 Å². The lowest BCUT2D eigenvalue weighted by atomic mass is 9.95. The van der Waals surface area contributed by atoms with Crippen molar-refractivity contribution in [1.29, 1.82) is 0 Å². The lowest BCUT2D eigenvalue weighted by Crippen LogP contribution is -2.49. The Bertz CT molecular complexity index is 1180. The molecule has 1 aliphatic heterocycles. The molecule has 0 bridgehead atoms. The minimum Gasteiger partial charge on any atom is -0.386 e. The van der Waals surface area contributed by atoms with Gasteiger partial charge < -0.3 is 34.5 Å². The Morgan fingerprint density at radius 1 is 1.22 bits per heavy atom. The Balaban J connectivity index is 2.24. The first-order valence-corrected chi connectivity index (χ1v) is 12.5. The third-order valence-electron chi connectivity index (χ3n) is 3.51. The van der Waals surface area contributed by atoms with Gasteiger partial charge in [0.1, 0.15) is 18.4 Å². The minimum absolute atomic E-state index is 0.358. The van der Waals surface area contributed by atoms with E-state index >= 15 is 0 Å². The molecule has 1 aliphatic rings. The number of ether oxygens (including phenoxy) is 1. The lowest BCUT2D eigenvalue weighted by Gasteiger charge is -2.25. The van der Waals surface area contributed by atoms with Crippen LogP contribution >= 0.6 is 35.1 Å². The molecule has 3 unspecified atom stereocenters. The van der Waals surface area contributed by atoms with Crippen LogP contribution in [0.5, 0.6) is 0 Å². The van der Waals surface area contributed by atoms with Crippen LogP contribution in [-0.2, 0) is 31.6 Å². The average Bonchev–Trinajstić information content (AvgIpc) is 2.82. The van der Waals surface area contributed by atoms with E-state index in [0.717, 1.165) is 0 Å². The summed E-state index contributed by atoms with van der Waals surface area (Å²) < 4.78 is 50.6. The van der Waals surface area contributed by atoms with Crippen LogP contribution in [0.25, 0.3) is 0 Å². The van der Waals surface area contributed by atoms with Crippen LogP contribution in [0.2, 0.25) is 0 Å². The molecule has 6 atom stereocenters. The van der Waals surface area contributed by atoms with Gasteiger partial charge in [-0.3, -0.25) is 14.3 Å². The summed E-state index contributed by atoms with van der Waals surface area (Å²) in [5, 5.41) is 26.1. The zero-order valence-electron chi connectivity index (χ0n) is 15.0. The lowest BCUT2D eigenvalue weighted by molar-refractivity contribution is -0.0834. The molecule has 2 heterocycles. The maximum absolute atomic E-state index is 11.9. The number of nitrogens with one attached hydrogen (secondary N) is 1.